The summed E-state index contributed by atoms with van der Waals surface area (Å²) in [6.45, 7) is 0. The molecule has 0 saturated carbocycles. The van der Waals surface area contributed by atoms with Gasteiger partial charge < -0.3 is 4.74 Å². The molecular weight excluding hydrogens is 348 g/mol. The van der Waals surface area contributed by atoms with Gasteiger partial charge in [0.25, 0.3) is 5.91 Å². The normalized spacial score (nSPS) is 10.8. The maximum atomic E-state index is 12.6. The quantitative estimate of drug-likeness (QED) is 0.595. The van der Waals surface area contributed by atoms with Gasteiger partial charge in [-0.05, 0) is 30.3 Å². The van der Waals surface area contributed by atoms with Crippen LogP contribution in [0.15, 0.2) is 54.6 Å². The van der Waals surface area contributed by atoms with Crippen molar-refractivity contribution >= 4 is 32.6 Å². The van der Waals surface area contributed by atoms with Crippen molar-refractivity contribution in [2.75, 3.05) is 12.4 Å². The molecule has 26 heavy (non-hydrogen) atoms. The Morgan fingerprint density at radius 3 is 2.81 bits per heavy atom. The summed E-state index contributed by atoms with van der Waals surface area (Å²) < 4.78 is 7.85. The molecule has 2 heterocycles. The highest BCUT2D eigenvalue weighted by Crippen LogP contribution is 2.27. The van der Waals surface area contributed by atoms with Crippen molar-refractivity contribution in [3.63, 3.8) is 0 Å². The lowest BCUT2D eigenvalue weighted by Crippen LogP contribution is -2.15. The van der Waals surface area contributed by atoms with E-state index < -0.39 is 0 Å². The van der Waals surface area contributed by atoms with Gasteiger partial charge in [0.05, 0.1) is 23.0 Å². The minimum absolute atomic E-state index is 0.242. The van der Waals surface area contributed by atoms with E-state index in [0.717, 1.165) is 21.5 Å². The second-order valence-electron chi connectivity index (χ2n) is 5.71. The van der Waals surface area contributed by atoms with E-state index in [1.165, 1.54) is 11.3 Å². The van der Waals surface area contributed by atoms with Crippen molar-refractivity contribution in [2.24, 2.45) is 7.05 Å². The van der Waals surface area contributed by atoms with Gasteiger partial charge in [-0.1, -0.05) is 35.6 Å². The van der Waals surface area contributed by atoms with Crippen LogP contribution in [0.5, 0.6) is 5.75 Å². The molecule has 1 N–H and O–H groups in total. The molecule has 130 valence electrons. The van der Waals surface area contributed by atoms with Gasteiger partial charge >= 0.3 is 0 Å². The van der Waals surface area contributed by atoms with E-state index in [0.29, 0.717) is 16.5 Å². The first kappa shape index (κ1) is 16.3. The number of nitrogens with one attached hydrogen (secondary N) is 1. The van der Waals surface area contributed by atoms with Crippen LogP contribution in [0, 0.1) is 0 Å². The lowest BCUT2D eigenvalue weighted by molar-refractivity contribution is 0.101. The van der Waals surface area contributed by atoms with Gasteiger partial charge in [-0.3, -0.25) is 14.8 Å². The number of aryl methyl sites for hydroxylation is 1. The Balaban J connectivity index is 1.61. The number of hydrogen-bond acceptors (Lipinski definition) is 5. The molecule has 0 spiro atoms. The molecular formula is C19H16N4O2S. The van der Waals surface area contributed by atoms with Crippen LogP contribution < -0.4 is 10.1 Å². The maximum Gasteiger partial charge on any atom is 0.275 e. The number of carbonyl (C=O) groups excluding carboxylic acids is 1. The minimum Gasteiger partial charge on any atom is -0.497 e. The van der Waals surface area contributed by atoms with E-state index in [1.54, 1.807) is 24.9 Å². The number of nitrogens with zero attached hydrogens (tertiary/aromatic N) is 3. The van der Waals surface area contributed by atoms with Gasteiger partial charge in [0.15, 0.2) is 5.13 Å². The third-order valence-corrected chi connectivity index (χ3v) is 4.94. The number of para-hydroxylation sites is 1. The number of hydrogen-bond donors (Lipinski definition) is 1. The second-order valence-corrected chi connectivity index (χ2v) is 6.74. The van der Waals surface area contributed by atoms with Crippen molar-refractivity contribution in [1.82, 2.24) is 14.8 Å². The third kappa shape index (κ3) is 3.04. The number of methoxy groups -OCH3 is 1. The molecule has 0 radical (unpaired) electrons. The zero-order valence-electron chi connectivity index (χ0n) is 14.3. The molecule has 4 rings (SSSR count). The number of anilines is 1. The Kier molecular flexibility index (Phi) is 4.14. The first-order valence-electron chi connectivity index (χ1n) is 7.99. The van der Waals surface area contributed by atoms with Crippen LogP contribution in [0.25, 0.3) is 21.5 Å². The Hall–Kier alpha value is -3.19. The summed E-state index contributed by atoms with van der Waals surface area (Å²) in [4.78, 5) is 17.1. The molecule has 0 aliphatic heterocycles. The zero-order valence-corrected chi connectivity index (χ0v) is 15.1. The van der Waals surface area contributed by atoms with Crippen molar-refractivity contribution < 1.29 is 9.53 Å². The first-order valence-corrected chi connectivity index (χ1v) is 8.81. The van der Waals surface area contributed by atoms with Gasteiger partial charge in [0.2, 0.25) is 0 Å². The fourth-order valence-electron chi connectivity index (χ4n) is 2.69. The Morgan fingerprint density at radius 1 is 1.15 bits per heavy atom. The molecule has 0 atom stereocenters. The molecule has 2 aromatic carbocycles. The predicted molar refractivity (Wildman–Crippen MR) is 103 cm³/mol. The van der Waals surface area contributed by atoms with Gasteiger partial charge in [-0.25, -0.2) is 4.98 Å². The highest BCUT2D eigenvalue weighted by atomic mass is 32.1. The molecule has 0 saturated heterocycles. The van der Waals surface area contributed by atoms with Crippen LogP contribution >= 0.6 is 11.3 Å². The summed E-state index contributed by atoms with van der Waals surface area (Å²) in [6.07, 6.45) is 0. The lowest BCUT2D eigenvalue weighted by Gasteiger charge is -2.01. The zero-order chi connectivity index (χ0) is 18.1. The van der Waals surface area contributed by atoms with Gasteiger partial charge in [0, 0.05) is 12.6 Å². The van der Waals surface area contributed by atoms with Crippen molar-refractivity contribution in [1.29, 1.82) is 0 Å². The molecule has 2 aromatic heterocycles. The fraction of sp³-hybridized carbons (Fsp3) is 0.105. The molecule has 4 aromatic rings. The highest BCUT2D eigenvalue weighted by molar-refractivity contribution is 7.22. The predicted octanol–water partition coefficient (Wildman–Crippen LogP) is 3.96. The molecule has 7 heteroatoms. The van der Waals surface area contributed by atoms with E-state index in [1.807, 2.05) is 48.5 Å². The topological polar surface area (TPSA) is 69.0 Å². The molecule has 0 aliphatic carbocycles. The average Bonchev–Trinajstić information content (AvgIpc) is 3.24. The summed E-state index contributed by atoms with van der Waals surface area (Å²) in [5.74, 6) is 0.502. The van der Waals surface area contributed by atoms with Crippen molar-refractivity contribution in [2.45, 2.75) is 0 Å². The van der Waals surface area contributed by atoms with Gasteiger partial charge in [0.1, 0.15) is 11.4 Å². The van der Waals surface area contributed by atoms with E-state index in [-0.39, 0.29) is 5.91 Å². The van der Waals surface area contributed by atoms with Gasteiger partial charge in [-0.2, -0.15) is 5.10 Å². The molecule has 0 fully saturated rings. The van der Waals surface area contributed by atoms with E-state index >= 15 is 0 Å². The number of carbonyl (C=O) groups is 1. The van der Waals surface area contributed by atoms with Crippen LogP contribution in [-0.2, 0) is 7.05 Å². The van der Waals surface area contributed by atoms with E-state index in [4.69, 9.17) is 4.74 Å². The third-order valence-electron chi connectivity index (χ3n) is 3.99. The van der Waals surface area contributed by atoms with Crippen LogP contribution in [0.2, 0.25) is 0 Å². The number of thiazole rings is 1. The van der Waals surface area contributed by atoms with Crippen molar-refractivity contribution in [3.05, 3.63) is 60.3 Å². The summed E-state index contributed by atoms with van der Waals surface area (Å²) in [6, 6.07) is 17.1. The van der Waals surface area contributed by atoms with Crippen molar-refractivity contribution in [3.8, 4) is 17.0 Å². The highest BCUT2D eigenvalue weighted by Gasteiger charge is 2.16. The summed E-state index contributed by atoms with van der Waals surface area (Å²) in [5, 5.41) is 7.87. The maximum absolute atomic E-state index is 12.6. The van der Waals surface area contributed by atoms with Crippen LogP contribution in [0.4, 0.5) is 5.13 Å². The molecule has 1 amide bonds. The number of fused-ring (bicyclic) bond motifs is 1. The average molecular weight is 364 g/mol. The van der Waals surface area contributed by atoms with E-state index in [9.17, 15) is 4.79 Å². The first-order chi connectivity index (χ1) is 12.6. The number of benzene rings is 2. The molecule has 0 bridgehead atoms. The second kappa shape index (κ2) is 6.61. The summed E-state index contributed by atoms with van der Waals surface area (Å²) in [5.41, 5.74) is 2.93. The van der Waals surface area contributed by atoms with E-state index in [2.05, 4.69) is 15.4 Å². The van der Waals surface area contributed by atoms with Gasteiger partial charge in [-0.15, -0.1) is 0 Å². The van der Waals surface area contributed by atoms with Crippen LogP contribution in [0.1, 0.15) is 10.5 Å². The number of aromatic nitrogens is 3. The molecule has 6 nitrogen and oxygen atoms in total. The summed E-state index contributed by atoms with van der Waals surface area (Å²) >= 11 is 1.44. The largest absolute Gasteiger partial charge is 0.497 e. The molecule has 0 aliphatic rings. The summed E-state index contributed by atoms with van der Waals surface area (Å²) in [7, 11) is 3.37. The van der Waals surface area contributed by atoms with Crippen LogP contribution in [-0.4, -0.2) is 27.8 Å². The monoisotopic (exact) mass is 364 g/mol. The Labute approximate surface area is 154 Å². The fourth-order valence-corrected chi connectivity index (χ4v) is 3.55. The Morgan fingerprint density at radius 2 is 2.00 bits per heavy atom. The smallest absolute Gasteiger partial charge is 0.275 e. The van der Waals surface area contributed by atoms with Crippen LogP contribution in [0.3, 0.4) is 0 Å². The minimum atomic E-state index is -0.242. The standard InChI is InChI=1S/C19H16N4O2S/c1-23-16(11-15(22-23)12-6-5-7-13(10-12)25-2)18(24)21-19-20-14-8-3-4-9-17(14)26-19/h3-11H,1-2H3,(H,20,21,24). The number of rotatable bonds is 4. The number of amides is 1. The SMILES string of the molecule is COc1cccc(-c2cc(C(=O)Nc3nc4ccccc4s3)n(C)n2)c1. The molecule has 0 unspecified atom stereocenters. The lowest BCUT2D eigenvalue weighted by atomic mass is 10.1. The Bertz CT molecular complexity index is 1070. The number of ether oxygens (including phenoxy) is 1.